The molecule has 0 fully saturated rings. The smallest absolute Gasteiger partial charge is 0.224 e. The number of rotatable bonds is 9. The van der Waals surface area contributed by atoms with Gasteiger partial charge in [-0.1, -0.05) is 12.1 Å². The molecule has 2 N–H and O–H groups in total. The zero-order chi connectivity index (χ0) is 13.9. The fourth-order valence-electron chi connectivity index (χ4n) is 1.62. The van der Waals surface area contributed by atoms with Crippen molar-refractivity contribution in [2.75, 3.05) is 40.5 Å². The molecule has 0 aliphatic heterocycles. The maximum absolute atomic E-state index is 11.7. The molecule has 1 aromatic rings. The Kier molecular flexibility index (Phi) is 10.8. The zero-order valence-corrected chi connectivity index (χ0v) is 12.8. The molecule has 1 aromatic carbocycles. The highest BCUT2D eigenvalue weighted by Crippen LogP contribution is 2.12. The first-order chi connectivity index (χ1) is 9.26. The predicted molar refractivity (Wildman–Crippen MR) is 81.7 cm³/mol. The molecule has 0 heterocycles. The Morgan fingerprint density at radius 1 is 1.20 bits per heavy atom. The van der Waals surface area contributed by atoms with Crippen molar-refractivity contribution >= 4 is 18.3 Å². The Bertz CT molecular complexity index is 388. The van der Waals surface area contributed by atoms with Crippen LogP contribution < -0.4 is 15.4 Å². The number of methoxy groups -OCH3 is 2. The quantitative estimate of drug-likeness (QED) is 0.669. The van der Waals surface area contributed by atoms with Crippen LogP contribution in [0.1, 0.15) is 5.56 Å². The topological polar surface area (TPSA) is 59.6 Å². The molecular weight excluding hydrogens is 280 g/mol. The van der Waals surface area contributed by atoms with Crippen LogP contribution in [0.5, 0.6) is 5.75 Å². The lowest BCUT2D eigenvalue weighted by Crippen LogP contribution is -2.33. The molecule has 6 heteroatoms. The monoisotopic (exact) mass is 302 g/mol. The Morgan fingerprint density at radius 3 is 2.70 bits per heavy atom. The summed E-state index contributed by atoms with van der Waals surface area (Å²) in [6.45, 7) is 2.83. The number of nitrogens with one attached hydrogen (secondary N) is 2. The number of halogens is 1. The lowest BCUT2D eigenvalue weighted by molar-refractivity contribution is -0.120. The molecular formula is C14H23ClN2O3. The highest BCUT2D eigenvalue weighted by atomic mass is 35.5. The summed E-state index contributed by atoms with van der Waals surface area (Å²) in [5.41, 5.74) is 0.948. The van der Waals surface area contributed by atoms with Gasteiger partial charge in [-0.3, -0.25) is 4.79 Å². The summed E-state index contributed by atoms with van der Waals surface area (Å²) in [7, 11) is 3.28. The average molecular weight is 303 g/mol. The maximum atomic E-state index is 11.7. The number of amides is 1. The summed E-state index contributed by atoms with van der Waals surface area (Å²) >= 11 is 0. The Hall–Kier alpha value is -1.30. The van der Waals surface area contributed by atoms with Crippen molar-refractivity contribution in [2.24, 2.45) is 0 Å². The number of benzene rings is 1. The largest absolute Gasteiger partial charge is 0.497 e. The zero-order valence-electron chi connectivity index (χ0n) is 12.0. The minimum atomic E-state index is 0. The molecule has 0 radical (unpaired) electrons. The van der Waals surface area contributed by atoms with Crippen LogP contribution >= 0.6 is 12.4 Å². The van der Waals surface area contributed by atoms with E-state index in [1.54, 1.807) is 14.2 Å². The van der Waals surface area contributed by atoms with Gasteiger partial charge in [0.05, 0.1) is 20.1 Å². The summed E-state index contributed by atoms with van der Waals surface area (Å²) in [6, 6.07) is 7.53. The van der Waals surface area contributed by atoms with Crippen LogP contribution in [0.2, 0.25) is 0 Å². The van der Waals surface area contributed by atoms with Crippen molar-refractivity contribution in [3.05, 3.63) is 29.8 Å². The molecule has 20 heavy (non-hydrogen) atoms. The molecule has 0 aliphatic carbocycles. The summed E-state index contributed by atoms with van der Waals surface area (Å²) < 4.78 is 10.0. The SMILES string of the molecule is COCCNCCNC(=O)Cc1cccc(OC)c1.Cl. The molecule has 0 spiro atoms. The van der Waals surface area contributed by atoms with Crippen molar-refractivity contribution < 1.29 is 14.3 Å². The minimum Gasteiger partial charge on any atom is -0.497 e. The van der Waals surface area contributed by atoms with Gasteiger partial charge in [0.1, 0.15) is 5.75 Å². The molecule has 1 amide bonds. The number of carbonyl (C=O) groups is 1. The van der Waals surface area contributed by atoms with Crippen molar-refractivity contribution in [1.29, 1.82) is 0 Å². The third-order valence-electron chi connectivity index (χ3n) is 2.61. The van der Waals surface area contributed by atoms with E-state index in [1.807, 2.05) is 24.3 Å². The van der Waals surface area contributed by atoms with Crippen LogP contribution in [-0.4, -0.2) is 46.4 Å². The first-order valence-electron chi connectivity index (χ1n) is 6.35. The highest BCUT2D eigenvalue weighted by Gasteiger charge is 2.03. The van der Waals surface area contributed by atoms with Crippen molar-refractivity contribution in [2.45, 2.75) is 6.42 Å². The van der Waals surface area contributed by atoms with Gasteiger partial charge >= 0.3 is 0 Å². The molecule has 0 atom stereocenters. The van der Waals surface area contributed by atoms with E-state index in [0.717, 1.165) is 24.4 Å². The molecule has 0 aromatic heterocycles. The lowest BCUT2D eigenvalue weighted by Gasteiger charge is -2.07. The van der Waals surface area contributed by atoms with Crippen LogP contribution in [0.3, 0.4) is 0 Å². The second kappa shape index (κ2) is 11.5. The van der Waals surface area contributed by atoms with Gasteiger partial charge in [0, 0.05) is 26.7 Å². The Morgan fingerprint density at radius 2 is 2.00 bits per heavy atom. The van der Waals surface area contributed by atoms with Gasteiger partial charge in [0.25, 0.3) is 0 Å². The molecule has 0 saturated heterocycles. The van der Waals surface area contributed by atoms with E-state index >= 15 is 0 Å². The van der Waals surface area contributed by atoms with Gasteiger partial charge in [-0.2, -0.15) is 0 Å². The normalized spacial score (nSPS) is 9.70. The van der Waals surface area contributed by atoms with Gasteiger partial charge in [0.15, 0.2) is 0 Å². The standard InChI is InChI=1S/C14H22N2O3.ClH/c1-18-9-8-15-6-7-16-14(17)11-12-4-3-5-13(10-12)19-2;/h3-5,10,15H,6-9,11H2,1-2H3,(H,16,17);1H. The third-order valence-corrected chi connectivity index (χ3v) is 2.61. The summed E-state index contributed by atoms with van der Waals surface area (Å²) in [5, 5.41) is 6.03. The van der Waals surface area contributed by atoms with E-state index in [1.165, 1.54) is 0 Å². The molecule has 0 unspecified atom stereocenters. The van der Waals surface area contributed by atoms with E-state index < -0.39 is 0 Å². The predicted octanol–water partition coefficient (Wildman–Crippen LogP) is 1.01. The Balaban J connectivity index is 0.00000361. The first-order valence-corrected chi connectivity index (χ1v) is 6.35. The molecule has 1 rings (SSSR count). The van der Waals surface area contributed by atoms with Crippen LogP contribution in [0.4, 0.5) is 0 Å². The van der Waals surface area contributed by atoms with E-state index in [-0.39, 0.29) is 18.3 Å². The van der Waals surface area contributed by atoms with E-state index in [0.29, 0.717) is 19.6 Å². The molecule has 0 bridgehead atoms. The second-order valence-corrected chi connectivity index (χ2v) is 4.12. The van der Waals surface area contributed by atoms with Gasteiger partial charge in [-0.15, -0.1) is 12.4 Å². The average Bonchev–Trinajstić information content (AvgIpc) is 2.43. The second-order valence-electron chi connectivity index (χ2n) is 4.12. The molecule has 0 saturated carbocycles. The molecule has 5 nitrogen and oxygen atoms in total. The van der Waals surface area contributed by atoms with Gasteiger partial charge in [-0.25, -0.2) is 0 Å². The van der Waals surface area contributed by atoms with Gasteiger partial charge in [-0.05, 0) is 17.7 Å². The number of carbonyl (C=O) groups excluding carboxylic acids is 1. The minimum absolute atomic E-state index is 0. The Labute approximate surface area is 126 Å². The van der Waals surface area contributed by atoms with E-state index in [2.05, 4.69) is 10.6 Å². The fourth-order valence-corrected chi connectivity index (χ4v) is 1.62. The van der Waals surface area contributed by atoms with Crippen LogP contribution in [0, 0.1) is 0 Å². The van der Waals surface area contributed by atoms with Crippen molar-refractivity contribution in [3.8, 4) is 5.75 Å². The van der Waals surface area contributed by atoms with Crippen LogP contribution in [0.15, 0.2) is 24.3 Å². The number of hydrogen-bond donors (Lipinski definition) is 2. The fraction of sp³-hybridized carbons (Fsp3) is 0.500. The number of hydrogen-bond acceptors (Lipinski definition) is 4. The first kappa shape index (κ1) is 18.7. The highest BCUT2D eigenvalue weighted by molar-refractivity contribution is 5.85. The third kappa shape index (κ3) is 7.99. The summed E-state index contributed by atoms with van der Waals surface area (Å²) in [6.07, 6.45) is 0.370. The van der Waals surface area contributed by atoms with Crippen molar-refractivity contribution in [1.82, 2.24) is 10.6 Å². The van der Waals surface area contributed by atoms with Gasteiger partial charge < -0.3 is 20.1 Å². The van der Waals surface area contributed by atoms with Gasteiger partial charge in [0.2, 0.25) is 5.91 Å². The lowest BCUT2D eigenvalue weighted by atomic mass is 10.1. The molecule has 114 valence electrons. The van der Waals surface area contributed by atoms with Crippen LogP contribution in [0.25, 0.3) is 0 Å². The molecule has 0 aliphatic rings. The summed E-state index contributed by atoms with van der Waals surface area (Å²) in [5.74, 6) is 0.785. The summed E-state index contributed by atoms with van der Waals surface area (Å²) in [4.78, 5) is 11.7. The maximum Gasteiger partial charge on any atom is 0.224 e. The van der Waals surface area contributed by atoms with Crippen LogP contribution in [-0.2, 0) is 16.0 Å². The van der Waals surface area contributed by atoms with E-state index in [4.69, 9.17) is 9.47 Å². The van der Waals surface area contributed by atoms with E-state index in [9.17, 15) is 4.79 Å². The number of ether oxygens (including phenoxy) is 2. The van der Waals surface area contributed by atoms with Crippen molar-refractivity contribution in [3.63, 3.8) is 0 Å².